The summed E-state index contributed by atoms with van der Waals surface area (Å²) >= 11 is 0. The van der Waals surface area contributed by atoms with E-state index in [-0.39, 0.29) is 5.71 Å². The zero-order chi connectivity index (χ0) is 18.9. The quantitative estimate of drug-likeness (QED) is 0.769. The molecule has 2 heterocycles. The van der Waals surface area contributed by atoms with E-state index in [9.17, 15) is 18.0 Å². The Morgan fingerprint density at radius 1 is 1.27 bits per heavy atom. The monoisotopic (exact) mass is 369 g/mol. The minimum Gasteiger partial charge on any atom is -0.412 e. The van der Waals surface area contributed by atoms with Crippen LogP contribution in [0.3, 0.4) is 0 Å². The third-order valence-corrected chi connectivity index (χ3v) is 3.69. The molecule has 1 aromatic heterocycles. The first kappa shape index (κ1) is 17.9. The molecular weight excluding hydrogens is 355 g/mol. The van der Waals surface area contributed by atoms with Gasteiger partial charge < -0.3 is 14.1 Å². The van der Waals surface area contributed by atoms with Crippen LogP contribution in [0.25, 0.3) is 11.5 Å². The van der Waals surface area contributed by atoms with Gasteiger partial charge in [-0.25, -0.2) is 0 Å². The van der Waals surface area contributed by atoms with Gasteiger partial charge in [-0.2, -0.15) is 18.2 Å². The first-order valence-electron chi connectivity index (χ1n) is 7.69. The number of carbonyl (C=O) groups is 1. The maximum Gasteiger partial charge on any atom is 0.470 e. The fourth-order valence-corrected chi connectivity index (χ4v) is 2.39. The van der Waals surface area contributed by atoms with Gasteiger partial charge in [0.05, 0.1) is 12.1 Å². The molecule has 0 saturated carbocycles. The predicted molar refractivity (Wildman–Crippen MR) is 81.9 cm³/mol. The Bertz CT molecular complexity index is 845. The Morgan fingerprint density at radius 3 is 2.46 bits per heavy atom. The van der Waals surface area contributed by atoms with Gasteiger partial charge in [-0.15, -0.1) is 0 Å². The third-order valence-electron chi connectivity index (χ3n) is 3.69. The van der Waals surface area contributed by atoms with Crippen molar-refractivity contribution >= 4 is 11.7 Å². The highest BCUT2D eigenvalue weighted by Gasteiger charge is 2.64. The Morgan fingerprint density at radius 2 is 1.92 bits per heavy atom. The van der Waals surface area contributed by atoms with Crippen molar-refractivity contribution in [3.05, 3.63) is 35.7 Å². The number of ether oxygens (including phenoxy) is 1. The van der Waals surface area contributed by atoms with Gasteiger partial charge in [-0.05, 0) is 17.7 Å². The second-order valence-corrected chi connectivity index (χ2v) is 5.60. The van der Waals surface area contributed by atoms with Crippen molar-refractivity contribution in [2.75, 3.05) is 0 Å². The topological polar surface area (TPSA) is 86.8 Å². The van der Waals surface area contributed by atoms with Crippen molar-refractivity contribution in [3.8, 4) is 11.5 Å². The van der Waals surface area contributed by atoms with Crippen molar-refractivity contribution in [1.29, 1.82) is 0 Å². The highest BCUT2D eigenvalue weighted by atomic mass is 19.4. The van der Waals surface area contributed by atoms with Gasteiger partial charge in [-0.3, -0.25) is 4.79 Å². The molecule has 3 rings (SSSR count). The van der Waals surface area contributed by atoms with Crippen LogP contribution in [0.15, 0.2) is 33.9 Å². The minimum absolute atomic E-state index is 0.00917. The molecule has 7 nitrogen and oxygen atoms in total. The summed E-state index contributed by atoms with van der Waals surface area (Å²) in [6.45, 7) is 2.75. The number of alkyl halides is 3. The fourth-order valence-electron chi connectivity index (χ4n) is 2.39. The largest absolute Gasteiger partial charge is 0.470 e. The molecule has 0 radical (unpaired) electrons. The summed E-state index contributed by atoms with van der Waals surface area (Å²) in [4.78, 5) is 19.7. The number of rotatable bonds is 4. The molecule has 1 aliphatic rings. The van der Waals surface area contributed by atoms with Crippen molar-refractivity contribution in [1.82, 2.24) is 10.1 Å². The van der Waals surface area contributed by atoms with Gasteiger partial charge in [0.25, 0.3) is 5.89 Å². The van der Waals surface area contributed by atoms with Gasteiger partial charge in [0.15, 0.2) is 5.82 Å². The lowest BCUT2D eigenvalue weighted by molar-refractivity contribution is -0.357. The number of aromatic nitrogens is 2. The van der Waals surface area contributed by atoms with Crippen molar-refractivity contribution < 1.29 is 32.1 Å². The van der Waals surface area contributed by atoms with E-state index >= 15 is 0 Å². The zero-order valence-corrected chi connectivity index (χ0v) is 13.8. The Balaban J connectivity index is 1.81. The third kappa shape index (κ3) is 3.26. The van der Waals surface area contributed by atoms with E-state index in [2.05, 4.69) is 24.9 Å². The van der Waals surface area contributed by atoms with E-state index < -0.39 is 24.4 Å². The van der Waals surface area contributed by atoms with Crippen LogP contribution in [-0.2, 0) is 20.8 Å². The van der Waals surface area contributed by atoms with E-state index in [0.29, 0.717) is 29.3 Å². The molecule has 1 aromatic carbocycles. The number of aryl methyl sites for hydroxylation is 1. The van der Waals surface area contributed by atoms with Gasteiger partial charge in [0.1, 0.15) is 0 Å². The summed E-state index contributed by atoms with van der Waals surface area (Å²) in [5.41, 5.74) is 1.01. The number of carbonyl (C=O) groups excluding carboxylic acids is 1. The molecule has 0 saturated heterocycles. The molecule has 10 heteroatoms. The van der Waals surface area contributed by atoms with Crippen LogP contribution in [0.1, 0.15) is 31.7 Å². The predicted octanol–water partition coefficient (Wildman–Crippen LogP) is 3.25. The minimum atomic E-state index is -4.93. The first-order valence-corrected chi connectivity index (χ1v) is 7.69. The van der Waals surface area contributed by atoms with Crippen molar-refractivity contribution in [3.63, 3.8) is 0 Å². The van der Waals surface area contributed by atoms with Crippen LogP contribution in [0.4, 0.5) is 13.2 Å². The van der Waals surface area contributed by atoms with E-state index in [1.807, 2.05) is 6.92 Å². The summed E-state index contributed by atoms with van der Waals surface area (Å²) < 4.78 is 49.3. The average molecular weight is 369 g/mol. The standard InChI is InChI=1S/C16H14F3N3O4/c1-3-13-20-14(25-22-13)11-6-4-10(5-7-11)12-8-15(26-21-12,16(17,18)19)24-9(2)23/h4-7H,3,8H2,1-2H3. The Labute approximate surface area is 145 Å². The summed E-state index contributed by atoms with van der Waals surface area (Å²) in [5, 5.41) is 7.25. The van der Waals surface area contributed by atoms with E-state index in [4.69, 9.17) is 4.52 Å². The van der Waals surface area contributed by atoms with Gasteiger partial charge in [0.2, 0.25) is 0 Å². The molecule has 0 fully saturated rings. The molecule has 0 aliphatic carbocycles. The number of nitrogens with zero attached hydrogens (tertiary/aromatic N) is 3. The lowest BCUT2D eigenvalue weighted by Crippen LogP contribution is -2.49. The van der Waals surface area contributed by atoms with Crippen LogP contribution in [-0.4, -0.2) is 33.8 Å². The lowest BCUT2D eigenvalue weighted by Gasteiger charge is -2.27. The number of oxime groups is 1. The number of benzene rings is 1. The van der Waals surface area contributed by atoms with Crippen LogP contribution in [0, 0.1) is 0 Å². The molecule has 0 bridgehead atoms. The second-order valence-electron chi connectivity index (χ2n) is 5.60. The maximum atomic E-state index is 13.3. The van der Waals surface area contributed by atoms with E-state index in [0.717, 1.165) is 6.92 Å². The molecule has 0 spiro atoms. The normalized spacial score (nSPS) is 19.8. The Hall–Kier alpha value is -2.91. The van der Waals surface area contributed by atoms with E-state index in [1.54, 1.807) is 24.3 Å². The highest BCUT2D eigenvalue weighted by molar-refractivity contribution is 6.02. The molecule has 138 valence electrons. The van der Waals surface area contributed by atoms with Crippen LogP contribution < -0.4 is 0 Å². The number of halogens is 3. The van der Waals surface area contributed by atoms with Crippen LogP contribution in [0.2, 0.25) is 0 Å². The van der Waals surface area contributed by atoms with Gasteiger partial charge in [-0.1, -0.05) is 29.4 Å². The number of hydrogen-bond acceptors (Lipinski definition) is 7. The Kier molecular flexibility index (Phi) is 4.43. The molecule has 2 aromatic rings. The molecule has 1 unspecified atom stereocenters. The summed E-state index contributed by atoms with van der Waals surface area (Å²) in [6.07, 6.45) is -5.05. The lowest BCUT2D eigenvalue weighted by atomic mass is 10.0. The average Bonchev–Trinajstić information content (AvgIpc) is 3.21. The zero-order valence-electron chi connectivity index (χ0n) is 13.8. The molecule has 0 N–H and O–H groups in total. The number of esters is 1. The molecular formula is C16H14F3N3O4. The summed E-state index contributed by atoms with van der Waals surface area (Å²) in [5.74, 6) is -3.36. The molecule has 1 aliphatic heterocycles. The maximum absolute atomic E-state index is 13.3. The first-order chi connectivity index (χ1) is 12.2. The smallest absolute Gasteiger partial charge is 0.412 e. The highest BCUT2D eigenvalue weighted by Crippen LogP contribution is 2.42. The SMILES string of the molecule is CCc1noc(-c2ccc(C3=NOC(OC(C)=O)(C(F)(F)F)C3)cc2)n1. The second kappa shape index (κ2) is 6.43. The summed E-state index contributed by atoms with van der Waals surface area (Å²) in [6, 6.07) is 6.33. The number of hydrogen-bond donors (Lipinski definition) is 0. The van der Waals surface area contributed by atoms with Crippen LogP contribution >= 0.6 is 0 Å². The van der Waals surface area contributed by atoms with Gasteiger partial charge in [0, 0.05) is 18.9 Å². The molecule has 26 heavy (non-hydrogen) atoms. The van der Waals surface area contributed by atoms with Crippen LogP contribution in [0.5, 0.6) is 0 Å². The molecule has 1 atom stereocenters. The fraction of sp³-hybridized carbons (Fsp3) is 0.375. The van der Waals surface area contributed by atoms with Gasteiger partial charge >= 0.3 is 17.9 Å². The van der Waals surface area contributed by atoms with Crippen molar-refractivity contribution in [2.45, 2.75) is 38.7 Å². The van der Waals surface area contributed by atoms with E-state index in [1.165, 1.54) is 0 Å². The molecule has 0 amide bonds. The summed E-state index contributed by atoms with van der Waals surface area (Å²) in [7, 11) is 0. The van der Waals surface area contributed by atoms with Crippen molar-refractivity contribution in [2.24, 2.45) is 5.16 Å².